The van der Waals surface area contributed by atoms with Crippen molar-refractivity contribution >= 4 is 0 Å². The SMILES string of the molecule is CC(C)NCc1ccc(COc2ncn(C)n2)nc1. The Hall–Kier alpha value is -1.95. The van der Waals surface area contributed by atoms with Crippen LogP contribution in [-0.2, 0) is 20.2 Å². The van der Waals surface area contributed by atoms with Gasteiger partial charge in [-0.3, -0.25) is 9.67 Å². The molecule has 2 heterocycles. The summed E-state index contributed by atoms with van der Waals surface area (Å²) in [5.41, 5.74) is 2.02. The van der Waals surface area contributed by atoms with E-state index in [1.807, 2.05) is 18.3 Å². The third-order valence-corrected chi connectivity index (χ3v) is 2.53. The van der Waals surface area contributed by atoms with Crippen molar-refractivity contribution in [2.24, 2.45) is 7.05 Å². The Labute approximate surface area is 112 Å². The molecule has 19 heavy (non-hydrogen) atoms. The molecule has 0 aliphatic heterocycles. The monoisotopic (exact) mass is 261 g/mol. The molecule has 0 fully saturated rings. The molecule has 0 aliphatic rings. The van der Waals surface area contributed by atoms with Gasteiger partial charge in [-0.15, -0.1) is 5.10 Å². The Morgan fingerprint density at radius 3 is 2.74 bits per heavy atom. The Balaban J connectivity index is 1.84. The summed E-state index contributed by atoms with van der Waals surface area (Å²) >= 11 is 0. The van der Waals surface area contributed by atoms with E-state index in [1.54, 1.807) is 18.1 Å². The van der Waals surface area contributed by atoms with E-state index in [-0.39, 0.29) is 0 Å². The smallest absolute Gasteiger partial charge is 0.335 e. The maximum absolute atomic E-state index is 5.43. The summed E-state index contributed by atoms with van der Waals surface area (Å²) in [6, 6.07) is 4.85. The number of hydrogen-bond acceptors (Lipinski definition) is 5. The summed E-state index contributed by atoms with van der Waals surface area (Å²) in [6.07, 6.45) is 3.46. The number of hydrogen-bond donors (Lipinski definition) is 1. The second-order valence-corrected chi connectivity index (χ2v) is 4.68. The molecule has 2 aromatic heterocycles. The summed E-state index contributed by atoms with van der Waals surface area (Å²) in [7, 11) is 1.80. The first-order valence-electron chi connectivity index (χ1n) is 6.29. The highest BCUT2D eigenvalue weighted by Gasteiger charge is 2.02. The molecule has 0 spiro atoms. The van der Waals surface area contributed by atoms with Gasteiger partial charge in [-0.25, -0.2) is 0 Å². The third kappa shape index (κ3) is 4.33. The van der Waals surface area contributed by atoms with Crippen LogP contribution < -0.4 is 10.1 Å². The highest BCUT2D eigenvalue weighted by molar-refractivity contribution is 5.13. The zero-order valence-corrected chi connectivity index (χ0v) is 11.5. The van der Waals surface area contributed by atoms with Gasteiger partial charge in [-0.05, 0) is 11.6 Å². The maximum Gasteiger partial charge on any atom is 0.335 e. The number of pyridine rings is 1. The minimum atomic E-state index is 0.370. The molecule has 6 heteroatoms. The van der Waals surface area contributed by atoms with E-state index in [2.05, 4.69) is 34.2 Å². The third-order valence-electron chi connectivity index (χ3n) is 2.53. The molecule has 0 radical (unpaired) electrons. The lowest BCUT2D eigenvalue weighted by molar-refractivity contribution is 0.275. The van der Waals surface area contributed by atoms with E-state index in [1.165, 1.54) is 0 Å². The fourth-order valence-electron chi connectivity index (χ4n) is 1.49. The standard InChI is InChI=1S/C13H19N5O/c1-10(2)14-6-11-4-5-12(15-7-11)8-19-13-16-9-18(3)17-13/h4-5,7,9-10,14H,6,8H2,1-3H3. The molecular formula is C13H19N5O. The number of ether oxygens (including phenoxy) is 1. The second-order valence-electron chi connectivity index (χ2n) is 4.68. The van der Waals surface area contributed by atoms with Gasteiger partial charge in [-0.2, -0.15) is 4.98 Å². The van der Waals surface area contributed by atoms with Gasteiger partial charge in [0.25, 0.3) is 0 Å². The lowest BCUT2D eigenvalue weighted by Crippen LogP contribution is -2.21. The van der Waals surface area contributed by atoms with Gasteiger partial charge in [0.2, 0.25) is 0 Å². The van der Waals surface area contributed by atoms with E-state index in [4.69, 9.17) is 4.74 Å². The van der Waals surface area contributed by atoms with E-state index >= 15 is 0 Å². The molecule has 0 unspecified atom stereocenters. The van der Waals surface area contributed by atoms with E-state index in [0.717, 1.165) is 17.8 Å². The second kappa shape index (κ2) is 6.29. The molecule has 2 aromatic rings. The van der Waals surface area contributed by atoms with E-state index in [9.17, 15) is 0 Å². The topological polar surface area (TPSA) is 64.9 Å². The van der Waals surface area contributed by atoms with Crippen molar-refractivity contribution in [1.82, 2.24) is 25.1 Å². The molecule has 0 aliphatic carbocycles. The fourth-order valence-corrected chi connectivity index (χ4v) is 1.49. The van der Waals surface area contributed by atoms with Crippen LogP contribution in [0.3, 0.4) is 0 Å². The average Bonchev–Trinajstić information content (AvgIpc) is 2.81. The van der Waals surface area contributed by atoms with Gasteiger partial charge >= 0.3 is 6.01 Å². The summed E-state index contributed by atoms with van der Waals surface area (Å²) in [5, 5.41) is 7.39. The molecule has 1 N–H and O–H groups in total. The summed E-state index contributed by atoms with van der Waals surface area (Å²) < 4.78 is 7.03. The number of aryl methyl sites for hydroxylation is 1. The van der Waals surface area contributed by atoms with Crippen LogP contribution in [0.1, 0.15) is 25.1 Å². The minimum absolute atomic E-state index is 0.370. The van der Waals surface area contributed by atoms with Crippen molar-refractivity contribution in [2.75, 3.05) is 0 Å². The first-order valence-corrected chi connectivity index (χ1v) is 6.29. The Morgan fingerprint density at radius 1 is 1.32 bits per heavy atom. The first-order chi connectivity index (χ1) is 9.13. The molecule has 6 nitrogen and oxygen atoms in total. The molecule has 0 saturated carbocycles. The van der Waals surface area contributed by atoms with Crippen LogP contribution in [0.4, 0.5) is 0 Å². The molecular weight excluding hydrogens is 242 g/mol. The van der Waals surface area contributed by atoms with Crippen LogP contribution in [0.15, 0.2) is 24.7 Å². The van der Waals surface area contributed by atoms with E-state index in [0.29, 0.717) is 18.7 Å². The van der Waals surface area contributed by atoms with Crippen LogP contribution in [0.25, 0.3) is 0 Å². The molecule has 0 amide bonds. The molecule has 0 bridgehead atoms. The number of aromatic nitrogens is 4. The van der Waals surface area contributed by atoms with Crippen molar-refractivity contribution in [1.29, 1.82) is 0 Å². The predicted octanol–water partition coefficient (Wildman–Crippen LogP) is 1.29. The molecule has 102 valence electrons. The number of rotatable bonds is 6. The lowest BCUT2D eigenvalue weighted by atomic mass is 10.2. The number of nitrogens with zero attached hydrogens (tertiary/aromatic N) is 4. The summed E-state index contributed by atoms with van der Waals surface area (Å²) in [5.74, 6) is 0. The van der Waals surface area contributed by atoms with Crippen LogP contribution in [0.5, 0.6) is 6.01 Å². The summed E-state index contributed by atoms with van der Waals surface area (Å²) in [4.78, 5) is 8.34. The average molecular weight is 261 g/mol. The van der Waals surface area contributed by atoms with Crippen LogP contribution >= 0.6 is 0 Å². The Kier molecular flexibility index (Phi) is 4.46. The maximum atomic E-state index is 5.43. The van der Waals surface area contributed by atoms with Crippen LogP contribution in [0, 0.1) is 0 Å². The lowest BCUT2D eigenvalue weighted by Gasteiger charge is -2.08. The normalized spacial score (nSPS) is 10.9. The summed E-state index contributed by atoms with van der Waals surface area (Å²) in [6.45, 7) is 5.44. The zero-order chi connectivity index (χ0) is 13.7. The molecule has 0 aromatic carbocycles. The number of nitrogens with one attached hydrogen (secondary N) is 1. The van der Waals surface area contributed by atoms with Gasteiger partial charge < -0.3 is 10.1 Å². The van der Waals surface area contributed by atoms with Gasteiger partial charge in [0.05, 0.1) is 5.69 Å². The van der Waals surface area contributed by atoms with Crippen molar-refractivity contribution in [3.63, 3.8) is 0 Å². The van der Waals surface area contributed by atoms with Crippen LogP contribution in [-0.4, -0.2) is 25.8 Å². The van der Waals surface area contributed by atoms with E-state index < -0.39 is 0 Å². The van der Waals surface area contributed by atoms with Crippen molar-refractivity contribution in [2.45, 2.75) is 33.0 Å². The first kappa shape index (κ1) is 13.5. The molecule has 0 saturated heterocycles. The Bertz CT molecular complexity index is 506. The van der Waals surface area contributed by atoms with Crippen molar-refractivity contribution in [3.8, 4) is 6.01 Å². The van der Waals surface area contributed by atoms with Crippen molar-refractivity contribution < 1.29 is 4.74 Å². The van der Waals surface area contributed by atoms with Gasteiger partial charge in [0.15, 0.2) is 0 Å². The van der Waals surface area contributed by atoms with Gasteiger partial charge in [0.1, 0.15) is 12.9 Å². The van der Waals surface area contributed by atoms with Gasteiger partial charge in [-0.1, -0.05) is 19.9 Å². The van der Waals surface area contributed by atoms with Crippen LogP contribution in [0.2, 0.25) is 0 Å². The molecule has 0 atom stereocenters. The highest BCUT2D eigenvalue weighted by Crippen LogP contribution is 2.05. The highest BCUT2D eigenvalue weighted by atomic mass is 16.5. The largest absolute Gasteiger partial charge is 0.456 e. The zero-order valence-electron chi connectivity index (χ0n) is 11.5. The minimum Gasteiger partial charge on any atom is -0.456 e. The van der Waals surface area contributed by atoms with Gasteiger partial charge in [0, 0.05) is 25.8 Å². The molecule has 2 rings (SSSR count). The fraction of sp³-hybridized carbons (Fsp3) is 0.462. The predicted molar refractivity (Wildman–Crippen MR) is 71.5 cm³/mol. The Morgan fingerprint density at radius 2 is 2.16 bits per heavy atom. The van der Waals surface area contributed by atoms with Crippen molar-refractivity contribution in [3.05, 3.63) is 35.9 Å². The quantitative estimate of drug-likeness (QED) is 0.848.